The summed E-state index contributed by atoms with van der Waals surface area (Å²) in [6.45, 7) is 6.64. The predicted molar refractivity (Wildman–Crippen MR) is 135 cm³/mol. The minimum absolute atomic E-state index is 0. The van der Waals surface area contributed by atoms with E-state index in [1.165, 1.54) is 0 Å². The van der Waals surface area contributed by atoms with Gasteiger partial charge in [-0.3, -0.25) is 4.99 Å². The molecule has 172 valence electrons. The molecule has 1 aromatic carbocycles. The van der Waals surface area contributed by atoms with Crippen molar-refractivity contribution in [3.63, 3.8) is 0 Å². The van der Waals surface area contributed by atoms with Crippen LogP contribution in [0.15, 0.2) is 23.2 Å². The Morgan fingerprint density at radius 2 is 1.70 bits per heavy atom. The van der Waals surface area contributed by atoms with Gasteiger partial charge in [0, 0.05) is 69.8 Å². The van der Waals surface area contributed by atoms with E-state index in [1.807, 2.05) is 6.07 Å². The van der Waals surface area contributed by atoms with Gasteiger partial charge in [0.2, 0.25) is 0 Å². The van der Waals surface area contributed by atoms with Crippen LogP contribution in [0.5, 0.6) is 11.5 Å². The number of unbranched alkanes of at least 4 members (excludes halogenated alkanes) is 2. The molecule has 7 nitrogen and oxygen atoms in total. The third-order valence-electron chi connectivity index (χ3n) is 5.16. The van der Waals surface area contributed by atoms with Crippen molar-refractivity contribution in [2.24, 2.45) is 4.99 Å². The zero-order valence-electron chi connectivity index (χ0n) is 18.9. The van der Waals surface area contributed by atoms with E-state index in [0.29, 0.717) is 6.04 Å². The van der Waals surface area contributed by atoms with Gasteiger partial charge in [-0.05, 0) is 39.0 Å². The first-order valence-electron chi connectivity index (χ1n) is 10.7. The first kappa shape index (κ1) is 26.6. The number of methoxy groups -OCH3 is 3. The number of halogens is 1. The number of anilines is 1. The standard InChI is InChI=1S/C22H38N4O3.HI/c1-5-23-22(24-11-7-6-8-14-27-2)25-18-9-12-26(13-10-18)19-15-20(28-3)17-21(16-19)29-4;/h15-18H,5-14H2,1-4H3,(H2,23,24,25);1H. The van der Waals surface area contributed by atoms with Gasteiger partial charge in [-0.25, -0.2) is 0 Å². The topological polar surface area (TPSA) is 67.4 Å². The molecule has 0 radical (unpaired) electrons. The number of nitrogens with one attached hydrogen (secondary N) is 2. The number of aliphatic imine (C=N–C) groups is 1. The van der Waals surface area contributed by atoms with Gasteiger partial charge in [0.1, 0.15) is 11.5 Å². The van der Waals surface area contributed by atoms with Crippen LogP contribution >= 0.6 is 24.0 Å². The minimum Gasteiger partial charge on any atom is -0.497 e. The highest BCUT2D eigenvalue weighted by Gasteiger charge is 2.21. The monoisotopic (exact) mass is 534 g/mol. The molecule has 1 fully saturated rings. The number of nitrogens with zero attached hydrogens (tertiary/aromatic N) is 2. The average Bonchev–Trinajstić information content (AvgIpc) is 2.76. The first-order chi connectivity index (χ1) is 14.2. The molecule has 1 aliphatic rings. The maximum Gasteiger partial charge on any atom is 0.191 e. The fraction of sp³-hybridized carbons (Fsp3) is 0.682. The van der Waals surface area contributed by atoms with Crippen molar-refractivity contribution >= 4 is 35.6 Å². The van der Waals surface area contributed by atoms with E-state index in [1.54, 1.807) is 21.3 Å². The second-order valence-corrected chi connectivity index (χ2v) is 7.29. The van der Waals surface area contributed by atoms with Gasteiger partial charge in [0.05, 0.1) is 14.2 Å². The number of piperidine rings is 1. The van der Waals surface area contributed by atoms with Crippen LogP contribution in [0.2, 0.25) is 0 Å². The summed E-state index contributed by atoms with van der Waals surface area (Å²) in [7, 11) is 5.13. The number of guanidine groups is 1. The number of rotatable bonds is 11. The van der Waals surface area contributed by atoms with Crippen LogP contribution in [0.1, 0.15) is 39.0 Å². The highest BCUT2D eigenvalue weighted by Crippen LogP contribution is 2.30. The molecule has 0 amide bonds. The van der Waals surface area contributed by atoms with Crippen molar-refractivity contribution in [3.8, 4) is 11.5 Å². The summed E-state index contributed by atoms with van der Waals surface area (Å²) in [5, 5.41) is 6.99. The van der Waals surface area contributed by atoms with Crippen LogP contribution in [0.3, 0.4) is 0 Å². The van der Waals surface area contributed by atoms with E-state index in [9.17, 15) is 0 Å². The van der Waals surface area contributed by atoms with Crippen LogP contribution < -0.4 is 25.0 Å². The van der Waals surface area contributed by atoms with Gasteiger partial charge in [-0.2, -0.15) is 0 Å². The van der Waals surface area contributed by atoms with Gasteiger partial charge in [-0.1, -0.05) is 0 Å². The number of ether oxygens (including phenoxy) is 3. The zero-order valence-corrected chi connectivity index (χ0v) is 21.2. The number of hydrogen-bond acceptors (Lipinski definition) is 5. The predicted octanol–water partition coefficient (Wildman–Crippen LogP) is 3.66. The molecule has 0 aromatic heterocycles. The highest BCUT2D eigenvalue weighted by molar-refractivity contribution is 14.0. The molecule has 0 spiro atoms. The molecular formula is C22H39IN4O3. The van der Waals surface area contributed by atoms with Crippen LogP contribution in [-0.2, 0) is 4.74 Å². The van der Waals surface area contributed by atoms with Crippen molar-refractivity contribution in [2.45, 2.75) is 45.1 Å². The van der Waals surface area contributed by atoms with Crippen molar-refractivity contribution < 1.29 is 14.2 Å². The van der Waals surface area contributed by atoms with Crippen LogP contribution in [0.4, 0.5) is 5.69 Å². The molecule has 2 N–H and O–H groups in total. The molecule has 30 heavy (non-hydrogen) atoms. The summed E-state index contributed by atoms with van der Waals surface area (Å²) in [4.78, 5) is 7.13. The van der Waals surface area contributed by atoms with E-state index in [4.69, 9.17) is 19.2 Å². The summed E-state index contributed by atoms with van der Waals surface area (Å²) in [6.07, 6.45) is 5.48. The van der Waals surface area contributed by atoms with E-state index in [0.717, 1.165) is 88.0 Å². The first-order valence-corrected chi connectivity index (χ1v) is 10.7. The van der Waals surface area contributed by atoms with Crippen LogP contribution in [-0.4, -0.2) is 66.1 Å². The number of hydrogen-bond donors (Lipinski definition) is 2. The molecule has 0 atom stereocenters. The zero-order chi connectivity index (χ0) is 20.9. The molecule has 1 aromatic rings. The van der Waals surface area contributed by atoms with E-state index < -0.39 is 0 Å². The molecule has 1 saturated heterocycles. The number of benzene rings is 1. The molecule has 8 heteroatoms. The Kier molecular flexibility index (Phi) is 13.7. The van der Waals surface area contributed by atoms with Gasteiger partial charge in [-0.15, -0.1) is 24.0 Å². The summed E-state index contributed by atoms with van der Waals surface area (Å²) in [5.74, 6) is 2.58. The van der Waals surface area contributed by atoms with Gasteiger partial charge < -0.3 is 29.7 Å². The quantitative estimate of drug-likeness (QED) is 0.196. The van der Waals surface area contributed by atoms with Crippen LogP contribution in [0, 0.1) is 0 Å². The minimum atomic E-state index is 0. The summed E-state index contributed by atoms with van der Waals surface area (Å²) in [6, 6.07) is 6.49. The van der Waals surface area contributed by atoms with Gasteiger partial charge in [0.25, 0.3) is 0 Å². The fourth-order valence-corrected chi connectivity index (χ4v) is 3.50. The Morgan fingerprint density at radius 1 is 1.03 bits per heavy atom. The fourth-order valence-electron chi connectivity index (χ4n) is 3.50. The smallest absolute Gasteiger partial charge is 0.191 e. The molecule has 1 aliphatic heterocycles. The summed E-state index contributed by atoms with van der Waals surface area (Å²) in [5.41, 5.74) is 1.15. The lowest BCUT2D eigenvalue weighted by molar-refractivity contribution is 0.192. The molecule has 0 bridgehead atoms. The van der Waals surface area contributed by atoms with Crippen LogP contribution in [0.25, 0.3) is 0 Å². The highest BCUT2D eigenvalue weighted by atomic mass is 127. The van der Waals surface area contributed by atoms with E-state index >= 15 is 0 Å². The Hall–Kier alpha value is -1.42. The molecule has 1 heterocycles. The third kappa shape index (κ3) is 9.16. The third-order valence-corrected chi connectivity index (χ3v) is 5.16. The normalized spacial score (nSPS) is 14.8. The second-order valence-electron chi connectivity index (χ2n) is 7.29. The largest absolute Gasteiger partial charge is 0.497 e. The molecular weight excluding hydrogens is 495 g/mol. The Balaban J connectivity index is 0.00000450. The van der Waals surface area contributed by atoms with E-state index in [-0.39, 0.29) is 24.0 Å². The maximum absolute atomic E-state index is 5.41. The lowest BCUT2D eigenvalue weighted by atomic mass is 10.0. The Bertz CT molecular complexity index is 600. The lowest BCUT2D eigenvalue weighted by Gasteiger charge is -2.34. The van der Waals surface area contributed by atoms with Gasteiger partial charge in [0.15, 0.2) is 5.96 Å². The average molecular weight is 534 g/mol. The van der Waals surface area contributed by atoms with Crippen molar-refractivity contribution in [3.05, 3.63) is 18.2 Å². The molecule has 0 aliphatic carbocycles. The lowest BCUT2D eigenvalue weighted by Crippen LogP contribution is -2.48. The van der Waals surface area contributed by atoms with Crippen molar-refractivity contribution in [1.29, 1.82) is 0 Å². The molecule has 0 saturated carbocycles. The van der Waals surface area contributed by atoms with Crippen molar-refractivity contribution in [2.75, 3.05) is 59.0 Å². The SMILES string of the molecule is CCNC(=NCCCCCOC)NC1CCN(c2cc(OC)cc(OC)c2)CC1.I. The van der Waals surface area contributed by atoms with E-state index in [2.05, 4.69) is 34.6 Å². The Morgan fingerprint density at radius 3 is 2.27 bits per heavy atom. The summed E-state index contributed by atoms with van der Waals surface area (Å²) >= 11 is 0. The van der Waals surface area contributed by atoms with Crippen molar-refractivity contribution in [1.82, 2.24) is 10.6 Å². The molecule has 2 rings (SSSR count). The Labute approximate surface area is 199 Å². The summed E-state index contributed by atoms with van der Waals surface area (Å²) < 4.78 is 15.9. The maximum atomic E-state index is 5.41. The molecule has 0 unspecified atom stereocenters. The van der Waals surface area contributed by atoms with Gasteiger partial charge >= 0.3 is 0 Å². The second kappa shape index (κ2) is 15.4.